The SMILES string of the molecule is Cc1cc(S(=O)(=O)N2C(C)CCCC2CN)sc1Cl. The average molecular weight is 323 g/mol. The van der Waals surface area contributed by atoms with E-state index in [1.54, 1.807) is 10.4 Å². The van der Waals surface area contributed by atoms with Crippen LogP contribution in [0.4, 0.5) is 0 Å². The van der Waals surface area contributed by atoms with E-state index < -0.39 is 10.0 Å². The molecule has 7 heteroatoms. The highest BCUT2D eigenvalue weighted by atomic mass is 35.5. The summed E-state index contributed by atoms with van der Waals surface area (Å²) in [4.78, 5) is 0. The molecule has 2 rings (SSSR count). The Kier molecular flexibility index (Phi) is 4.57. The van der Waals surface area contributed by atoms with Gasteiger partial charge in [0.15, 0.2) is 0 Å². The van der Waals surface area contributed by atoms with Gasteiger partial charge in [-0.15, -0.1) is 11.3 Å². The number of aryl methyl sites for hydroxylation is 1. The fourth-order valence-corrected chi connectivity index (χ4v) is 6.28. The lowest BCUT2D eigenvalue weighted by molar-refractivity contribution is 0.196. The lowest BCUT2D eigenvalue weighted by atomic mass is 10.00. The maximum Gasteiger partial charge on any atom is 0.253 e. The van der Waals surface area contributed by atoms with E-state index in [0.29, 0.717) is 15.1 Å². The third-order valence-electron chi connectivity index (χ3n) is 3.59. The number of hydrogen-bond donors (Lipinski definition) is 1. The van der Waals surface area contributed by atoms with Gasteiger partial charge in [0.25, 0.3) is 10.0 Å². The summed E-state index contributed by atoms with van der Waals surface area (Å²) in [6, 6.07) is 1.54. The van der Waals surface area contributed by atoms with Gasteiger partial charge in [0.2, 0.25) is 0 Å². The molecule has 0 radical (unpaired) electrons. The zero-order valence-electron chi connectivity index (χ0n) is 11.1. The van der Waals surface area contributed by atoms with Crippen LogP contribution in [-0.4, -0.2) is 31.4 Å². The van der Waals surface area contributed by atoms with Crippen molar-refractivity contribution in [1.82, 2.24) is 4.31 Å². The molecule has 0 aromatic carbocycles. The van der Waals surface area contributed by atoms with Gasteiger partial charge < -0.3 is 5.73 Å². The topological polar surface area (TPSA) is 63.4 Å². The predicted molar refractivity (Wildman–Crippen MR) is 79.2 cm³/mol. The first-order chi connectivity index (χ1) is 8.87. The van der Waals surface area contributed by atoms with E-state index in [0.717, 1.165) is 36.2 Å². The number of halogens is 1. The Morgan fingerprint density at radius 1 is 1.53 bits per heavy atom. The van der Waals surface area contributed by atoms with Crippen molar-refractivity contribution in [2.45, 2.75) is 49.4 Å². The number of sulfonamides is 1. The molecule has 2 N–H and O–H groups in total. The molecule has 4 nitrogen and oxygen atoms in total. The van der Waals surface area contributed by atoms with E-state index in [4.69, 9.17) is 17.3 Å². The molecule has 108 valence electrons. The third-order valence-corrected chi connectivity index (χ3v) is 7.66. The monoisotopic (exact) mass is 322 g/mol. The van der Waals surface area contributed by atoms with Crippen molar-refractivity contribution in [2.75, 3.05) is 6.54 Å². The fraction of sp³-hybridized carbons (Fsp3) is 0.667. The summed E-state index contributed by atoms with van der Waals surface area (Å²) in [6.45, 7) is 4.13. The van der Waals surface area contributed by atoms with Crippen LogP contribution in [0.5, 0.6) is 0 Å². The quantitative estimate of drug-likeness (QED) is 0.930. The summed E-state index contributed by atoms with van der Waals surface area (Å²) in [5.41, 5.74) is 6.54. The number of thiophene rings is 1. The standard InChI is InChI=1S/C12H19ClN2O2S2/c1-8-6-11(18-12(8)13)19(16,17)15-9(2)4-3-5-10(15)7-14/h6,9-10H,3-5,7,14H2,1-2H3. The predicted octanol–water partition coefficient (Wildman–Crippen LogP) is 2.60. The van der Waals surface area contributed by atoms with E-state index in [1.807, 2.05) is 13.8 Å². The van der Waals surface area contributed by atoms with Gasteiger partial charge in [0, 0.05) is 18.6 Å². The van der Waals surface area contributed by atoms with Crippen molar-refractivity contribution in [3.8, 4) is 0 Å². The van der Waals surface area contributed by atoms with Crippen LogP contribution in [0.1, 0.15) is 31.7 Å². The lowest BCUT2D eigenvalue weighted by Crippen LogP contribution is -2.51. The normalized spacial score (nSPS) is 25.7. The minimum atomic E-state index is -3.49. The molecule has 1 aromatic heterocycles. The van der Waals surface area contributed by atoms with Gasteiger partial charge in [-0.2, -0.15) is 4.31 Å². The van der Waals surface area contributed by atoms with Crippen LogP contribution in [0.3, 0.4) is 0 Å². The van der Waals surface area contributed by atoms with E-state index in [2.05, 4.69) is 0 Å². The molecule has 1 saturated heterocycles. The van der Waals surface area contributed by atoms with Crippen molar-refractivity contribution in [3.05, 3.63) is 16.0 Å². The molecular formula is C12H19ClN2O2S2. The number of piperidine rings is 1. The van der Waals surface area contributed by atoms with Crippen molar-refractivity contribution in [2.24, 2.45) is 5.73 Å². The van der Waals surface area contributed by atoms with E-state index in [9.17, 15) is 8.42 Å². The Balaban J connectivity index is 2.41. The average Bonchev–Trinajstić information content (AvgIpc) is 2.69. The molecule has 1 aliphatic rings. The van der Waals surface area contributed by atoms with Crippen LogP contribution in [0.15, 0.2) is 10.3 Å². The van der Waals surface area contributed by atoms with Crippen molar-refractivity contribution in [1.29, 1.82) is 0 Å². The van der Waals surface area contributed by atoms with E-state index in [-0.39, 0.29) is 12.1 Å². The van der Waals surface area contributed by atoms with Crippen LogP contribution in [0, 0.1) is 6.92 Å². The highest BCUT2D eigenvalue weighted by Gasteiger charge is 2.38. The zero-order chi connectivity index (χ0) is 14.2. The summed E-state index contributed by atoms with van der Waals surface area (Å²) >= 11 is 7.12. The first-order valence-corrected chi connectivity index (χ1v) is 9.01. The molecule has 1 aromatic rings. The fourth-order valence-electron chi connectivity index (χ4n) is 2.58. The molecule has 1 fully saturated rings. The Morgan fingerprint density at radius 3 is 2.74 bits per heavy atom. The van der Waals surface area contributed by atoms with Gasteiger partial charge in [-0.3, -0.25) is 0 Å². The lowest BCUT2D eigenvalue weighted by Gasteiger charge is -2.38. The number of nitrogens with zero attached hydrogens (tertiary/aromatic N) is 1. The third kappa shape index (κ3) is 2.83. The molecular weight excluding hydrogens is 304 g/mol. The summed E-state index contributed by atoms with van der Waals surface area (Å²) in [5, 5.41) is 0. The van der Waals surface area contributed by atoms with Gasteiger partial charge in [-0.1, -0.05) is 18.0 Å². The Bertz CT molecular complexity index is 537. The Labute approximate surface area is 123 Å². The van der Waals surface area contributed by atoms with Gasteiger partial charge in [-0.25, -0.2) is 8.42 Å². The Hall–Kier alpha value is -0.140. The molecule has 19 heavy (non-hydrogen) atoms. The highest BCUT2D eigenvalue weighted by molar-refractivity contribution is 7.91. The van der Waals surface area contributed by atoms with Crippen LogP contribution < -0.4 is 5.73 Å². The maximum atomic E-state index is 12.8. The second kappa shape index (κ2) is 5.69. The largest absolute Gasteiger partial charge is 0.329 e. The van der Waals surface area contributed by atoms with Crippen LogP contribution in [0.25, 0.3) is 0 Å². The number of rotatable bonds is 3. The minimum Gasteiger partial charge on any atom is -0.329 e. The van der Waals surface area contributed by atoms with E-state index in [1.165, 1.54) is 0 Å². The highest BCUT2D eigenvalue weighted by Crippen LogP contribution is 2.35. The minimum absolute atomic E-state index is 0.00604. The van der Waals surface area contributed by atoms with E-state index >= 15 is 0 Å². The first kappa shape index (κ1) is 15.3. The van der Waals surface area contributed by atoms with Crippen molar-refractivity contribution in [3.63, 3.8) is 0 Å². The smallest absolute Gasteiger partial charge is 0.253 e. The number of hydrogen-bond acceptors (Lipinski definition) is 4. The van der Waals surface area contributed by atoms with Gasteiger partial charge in [-0.05, 0) is 38.3 Å². The number of nitrogens with two attached hydrogens (primary N) is 1. The molecule has 0 bridgehead atoms. The second-order valence-corrected chi connectivity index (χ2v) is 8.75. The van der Waals surface area contributed by atoms with Crippen molar-refractivity contribution < 1.29 is 8.42 Å². The summed E-state index contributed by atoms with van der Waals surface area (Å²) in [5.74, 6) is 0. The Morgan fingerprint density at radius 2 is 2.21 bits per heavy atom. The molecule has 2 unspecified atom stereocenters. The molecule has 2 heterocycles. The van der Waals surface area contributed by atoms with Gasteiger partial charge in [0.1, 0.15) is 4.21 Å². The van der Waals surface area contributed by atoms with Crippen LogP contribution in [0.2, 0.25) is 4.34 Å². The molecule has 0 aliphatic carbocycles. The zero-order valence-corrected chi connectivity index (χ0v) is 13.5. The summed E-state index contributed by atoms with van der Waals surface area (Å²) in [7, 11) is -3.49. The first-order valence-electron chi connectivity index (χ1n) is 6.37. The molecule has 0 spiro atoms. The van der Waals surface area contributed by atoms with Crippen LogP contribution >= 0.6 is 22.9 Å². The van der Waals surface area contributed by atoms with Gasteiger partial charge >= 0.3 is 0 Å². The van der Waals surface area contributed by atoms with Gasteiger partial charge in [0.05, 0.1) is 4.34 Å². The molecule has 0 amide bonds. The summed E-state index contributed by atoms with van der Waals surface area (Å²) < 4.78 is 27.9. The van der Waals surface area contributed by atoms with Crippen molar-refractivity contribution >= 4 is 33.0 Å². The summed E-state index contributed by atoms with van der Waals surface area (Å²) in [6.07, 6.45) is 2.74. The second-order valence-electron chi connectivity index (χ2n) is 5.03. The molecule has 0 saturated carbocycles. The molecule has 1 aliphatic heterocycles. The molecule has 2 atom stereocenters. The maximum absolute atomic E-state index is 12.8. The van der Waals surface area contributed by atoms with Crippen LogP contribution in [-0.2, 0) is 10.0 Å².